The number of nitrogens with zero attached hydrogens (tertiary/aromatic N) is 3. The molecule has 0 spiro atoms. The van der Waals surface area contributed by atoms with E-state index in [1.165, 1.54) is 0 Å². The summed E-state index contributed by atoms with van der Waals surface area (Å²) in [6.07, 6.45) is 0. The van der Waals surface area contributed by atoms with Crippen molar-refractivity contribution in [1.29, 1.82) is 0 Å². The van der Waals surface area contributed by atoms with Crippen LogP contribution in [0.3, 0.4) is 0 Å². The number of nitrogens with one attached hydrogen (secondary N) is 1. The number of nitrogen functional groups attached to an aromatic ring is 1. The first-order valence-electron chi connectivity index (χ1n) is 4.08. The standard InChI is InChI=1S/C8H11N5/c1-4-10-7(9)6-8(11-4)13(3)5(2)12-6/h1-3H3,(H2,9,10,11)/p+1. The second-order valence-electron chi connectivity index (χ2n) is 3.12. The van der Waals surface area contributed by atoms with Crippen molar-refractivity contribution in [3.05, 3.63) is 11.6 Å². The summed E-state index contributed by atoms with van der Waals surface area (Å²) in [5, 5.41) is 0. The van der Waals surface area contributed by atoms with Gasteiger partial charge in [-0.05, 0) is 0 Å². The molecule has 68 valence electrons. The summed E-state index contributed by atoms with van der Waals surface area (Å²) in [7, 11) is 1.94. The Morgan fingerprint density at radius 3 is 2.69 bits per heavy atom. The fourth-order valence-corrected chi connectivity index (χ4v) is 1.37. The maximum absolute atomic E-state index is 5.74. The van der Waals surface area contributed by atoms with Gasteiger partial charge in [0.25, 0.3) is 0 Å². The van der Waals surface area contributed by atoms with Gasteiger partial charge in [-0.15, -0.1) is 0 Å². The minimum Gasteiger partial charge on any atom is -0.380 e. The Bertz CT molecular complexity index is 471. The molecule has 0 unspecified atom stereocenters. The first-order chi connectivity index (χ1) is 6.09. The van der Waals surface area contributed by atoms with Crippen LogP contribution >= 0.6 is 0 Å². The number of hydrogen-bond acceptors (Lipinski definition) is 3. The molecular formula is C8H12N5+. The summed E-state index contributed by atoms with van der Waals surface area (Å²) in [6, 6.07) is 0. The van der Waals surface area contributed by atoms with Crippen molar-refractivity contribution in [3.8, 4) is 0 Å². The highest BCUT2D eigenvalue weighted by Gasteiger charge is 2.16. The normalized spacial score (nSPS) is 11.0. The van der Waals surface area contributed by atoms with Gasteiger partial charge in [0.05, 0.1) is 7.05 Å². The zero-order valence-corrected chi connectivity index (χ0v) is 7.92. The molecule has 0 saturated carbocycles. The Kier molecular flexibility index (Phi) is 1.48. The summed E-state index contributed by atoms with van der Waals surface area (Å²) in [5.74, 6) is 2.22. The number of fused-ring (bicyclic) bond motifs is 1. The minimum atomic E-state index is 0.506. The van der Waals surface area contributed by atoms with Crippen LogP contribution in [0, 0.1) is 13.8 Å². The molecule has 13 heavy (non-hydrogen) atoms. The van der Waals surface area contributed by atoms with Crippen LogP contribution < -0.4 is 10.3 Å². The SMILES string of the molecule is Cc1nc(N)c2[nH]c(C)[n+](C)c2n1. The van der Waals surface area contributed by atoms with E-state index in [2.05, 4.69) is 15.0 Å². The van der Waals surface area contributed by atoms with Crippen molar-refractivity contribution < 1.29 is 4.57 Å². The van der Waals surface area contributed by atoms with Crippen LogP contribution in [0.1, 0.15) is 11.6 Å². The van der Waals surface area contributed by atoms with E-state index in [0.29, 0.717) is 11.6 Å². The highest BCUT2D eigenvalue weighted by Crippen LogP contribution is 2.12. The van der Waals surface area contributed by atoms with E-state index in [4.69, 9.17) is 5.73 Å². The predicted octanol–water partition coefficient (Wildman–Crippen LogP) is -0.0186. The fourth-order valence-electron chi connectivity index (χ4n) is 1.37. The van der Waals surface area contributed by atoms with Crippen LogP contribution in [0.15, 0.2) is 0 Å². The lowest BCUT2D eigenvalue weighted by Crippen LogP contribution is -2.30. The predicted molar refractivity (Wildman–Crippen MR) is 49.0 cm³/mol. The second-order valence-corrected chi connectivity index (χ2v) is 3.12. The number of anilines is 1. The van der Waals surface area contributed by atoms with Gasteiger partial charge in [-0.2, -0.15) is 4.98 Å². The molecule has 2 heterocycles. The molecule has 0 aromatic carbocycles. The van der Waals surface area contributed by atoms with Gasteiger partial charge >= 0.3 is 5.65 Å². The maximum atomic E-state index is 5.74. The van der Waals surface area contributed by atoms with Crippen molar-refractivity contribution >= 4 is 17.0 Å². The summed E-state index contributed by atoms with van der Waals surface area (Å²) in [6.45, 7) is 3.80. The highest BCUT2D eigenvalue weighted by atomic mass is 15.1. The van der Waals surface area contributed by atoms with E-state index >= 15 is 0 Å². The molecule has 0 aliphatic heterocycles. The summed E-state index contributed by atoms with van der Waals surface area (Å²) in [4.78, 5) is 11.5. The highest BCUT2D eigenvalue weighted by molar-refractivity contribution is 5.78. The van der Waals surface area contributed by atoms with Crippen molar-refractivity contribution in [3.63, 3.8) is 0 Å². The molecule has 0 amide bonds. The van der Waals surface area contributed by atoms with Gasteiger partial charge in [-0.1, -0.05) is 4.98 Å². The van der Waals surface area contributed by atoms with E-state index in [0.717, 1.165) is 17.0 Å². The number of aryl methyl sites for hydroxylation is 3. The molecule has 2 aromatic rings. The molecule has 5 heteroatoms. The Hall–Kier alpha value is -1.65. The number of rotatable bonds is 0. The summed E-state index contributed by atoms with van der Waals surface area (Å²) in [5.41, 5.74) is 7.40. The van der Waals surface area contributed by atoms with Crippen LogP contribution in [0.5, 0.6) is 0 Å². The average Bonchev–Trinajstić information content (AvgIpc) is 2.32. The Balaban J connectivity index is 2.94. The number of aromatic nitrogens is 4. The largest absolute Gasteiger partial charge is 0.380 e. The lowest BCUT2D eigenvalue weighted by Gasteiger charge is -1.91. The minimum absolute atomic E-state index is 0.506. The Morgan fingerprint density at radius 2 is 2.00 bits per heavy atom. The number of imidazole rings is 1. The first-order valence-corrected chi connectivity index (χ1v) is 4.08. The molecule has 2 aromatic heterocycles. The first kappa shape index (κ1) is 7.97. The second kappa shape index (κ2) is 2.42. The molecule has 0 aliphatic rings. The third-order valence-electron chi connectivity index (χ3n) is 2.16. The third-order valence-corrected chi connectivity index (χ3v) is 2.16. The van der Waals surface area contributed by atoms with E-state index in [1.54, 1.807) is 0 Å². The van der Waals surface area contributed by atoms with Crippen LogP contribution in [-0.2, 0) is 7.05 Å². The van der Waals surface area contributed by atoms with Gasteiger partial charge in [0, 0.05) is 13.8 Å². The monoisotopic (exact) mass is 178 g/mol. The number of H-pyrrole nitrogens is 1. The van der Waals surface area contributed by atoms with Gasteiger partial charge in [0.2, 0.25) is 11.3 Å². The van der Waals surface area contributed by atoms with E-state index < -0.39 is 0 Å². The summed E-state index contributed by atoms with van der Waals surface area (Å²) < 4.78 is 1.96. The topological polar surface area (TPSA) is 71.5 Å². The van der Waals surface area contributed by atoms with E-state index in [9.17, 15) is 0 Å². The van der Waals surface area contributed by atoms with Crippen LogP contribution in [0.4, 0.5) is 5.82 Å². The molecule has 0 radical (unpaired) electrons. The van der Waals surface area contributed by atoms with Gasteiger partial charge in [0.1, 0.15) is 0 Å². The summed E-state index contributed by atoms with van der Waals surface area (Å²) >= 11 is 0. The third kappa shape index (κ3) is 1.04. The van der Waals surface area contributed by atoms with Crippen molar-refractivity contribution in [2.24, 2.45) is 7.05 Å². The van der Waals surface area contributed by atoms with Gasteiger partial charge in [-0.3, -0.25) is 4.98 Å². The lowest BCUT2D eigenvalue weighted by atomic mass is 10.5. The van der Waals surface area contributed by atoms with Crippen LogP contribution in [0.25, 0.3) is 11.2 Å². The molecule has 5 nitrogen and oxygen atoms in total. The Morgan fingerprint density at radius 1 is 1.31 bits per heavy atom. The molecule has 3 N–H and O–H groups in total. The van der Waals surface area contributed by atoms with Gasteiger partial charge in [-0.25, -0.2) is 4.57 Å². The molecule has 0 bridgehead atoms. The zero-order chi connectivity index (χ0) is 9.59. The molecule has 2 rings (SSSR count). The molecular weight excluding hydrogens is 166 g/mol. The van der Waals surface area contributed by atoms with Gasteiger partial charge < -0.3 is 5.73 Å². The molecule has 0 saturated heterocycles. The Labute approximate surface area is 75.6 Å². The average molecular weight is 178 g/mol. The van der Waals surface area contributed by atoms with Crippen molar-refractivity contribution in [2.45, 2.75) is 13.8 Å². The number of aromatic amines is 1. The smallest absolute Gasteiger partial charge is 0.307 e. The van der Waals surface area contributed by atoms with Gasteiger partial charge in [0.15, 0.2) is 11.6 Å². The van der Waals surface area contributed by atoms with Crippen molar-refractivity contribution in [2.75, 3.05) is 5.73 Å². The molecule has 0 aliphatic carbocycles. The van der Waals surface area contributed by atoms with Crippen molar-refractivity contribution in [1.82, 2.24) is 15.0 Å². The molecule has 0 fully saturated rings. The van der Waals surface area contributed by atoms with Crippen LogP contribution in [0.2, 0.25) is 0 Å². The number of hydrogen-bond donors (Lipinski definition) is 2. The molecule has 0 atom stereocenters. The quantitative estimate of drug-likeness (QED) is 0.557. The number of nitrogens with two attached hydrogens (primary N) is 1. The van der Waals surface area contributed by atoms with E-state index in [-0.39, 0.29) is 0 Å². The van der Waals surface area contributed by atoms with E-state index in [1.807, 2.05) is 25.5 Å². The fraction of sp³-hybridized carbons (Fsp3) is 0.375. The maximum Gasteiger partial charge on any atom is 0.307 e. The zero-order valence-electron chi connectivity index (χ0n) is 7.92. The lowest BCUT2D eigenvalue weighted by molar-refractivity contribution is -0.653. The van der Waals surface area contributed by atoms with Crippen LogP contribution in [-0.4, -0.2) is 15.0 Å².